The van der Waals surface area contributed by atoms with Gasteiger partial charge < -0.3 is 22.3 Å². The van der Waals surface area contributed by atoms with Crippen molar-refractivity contribution in [3.8, 4) is 5.75 Å². The number of aromatic nitrogens is 1. The van der Waals surface area contributed by atoms with Crippen LogP contribution in [0, 0.1) is 0 Å². The molecular weight excluding hydrogens is 269 g/mol. The summed E-state index contributed by atoms with van der Waals surface area (Å²) >= 11 is 0. The van der Waals surface area contributed by atoms with Gasteiger partial charge in [-0.2, -0.15) is 0 Å². The van der Waals surface area contributed by atoms with Gasteiger partial charge in [0.25, 0.3) is 0 Å². The van der Waals surface area contributed by atoms with E-state index < -0.39 is 13.4 Å². The van der Waals surface area contributed by atoms with Crippen LogP contribution in [0.4, 0.5) is 12.9 Å². The van der Waals surface area contributed by atoms with Gasteiger partial charge in [0.2, 0.25) is 0 Å². The molecule has 7 heteroatoms. The molecule has 0 fully saturated rings. The Bertz CT molecular complexity index is 526. The van der Waals surface area contributed by atoms with Crippen LogP contribution in [-0.4, -0.2) is 18.2 Å². The zero-order valence-corrected chi connectivity index (χ0v) is 13.5. The fourth-order valence-corrected chi connectivity index (χ4v) is 1.82. The van der Waals surface area contributed by atoms with Gasteiger partial charge in [-0.3, -0.25) is 0 Å². The molecule has 2 rings (SSSR count). The SMILES string of the molecule is CCOc1ccc2c(ccn2C[B-](F)(F)F)c1.[K+]. The third-order valence-electron chi connectivity index (χ3n) is 2.46. The van der Waals surface area contributed by atoms with Crippen molar-refractivity contribution in [1.82, 2.24) is 4.57 Å². The minimum Gasteiger partial charge on any atom is -0.494 e. The molecule has 2 nitrogen and oxygen atoms in total. The second kappa shape index (κ2) is 6.47. The fourth-order valence-electron chi connectivity index (χ4n) is 1.82. The predicted molar refractivity (Wildman–Crippen MR) is 62.2 cm³/mol. The van der Waals surface area contributed by atoms with Crippen molar-refractivity contribution in [3.05, 3.63) is 30.5 Å². The Morgan fingerprint density at radius 1 is 1.22 bits per heavy atom. The number of nitrogens with zero attached hydrogens (tertiary/aromatic N) is 1. The number of hydrogen-bond acceptors (Lipinski definition) is 1. The maximum Gasteiger partial charge on any atom is 1.00 e. The van der Waals surface area contributed by atoms with Gasteiger partial charge in [0, 0.05) is 17.1 Å². The summed E-state index contributed by atoms with van der Waals surface area (Å²) in [6, 6.07) is 6.76. The summed E-state index contributed by atoms with van der Waals surface area (Å²) in [7, 11) is 0. The summed E-state index contributed by atoms with van der Waals surface area (Å²) in [6.45, 7) is -2.42. The molecule has 0 bridgehead atoms. The van der Waals surface area contributed by atoms with Crippen molar-refractivity contribution in [1.29, 1.82) is 0 Å². The second-order valence-corrected chi connectivity index (χ2v) is 3.83. The number of rotatable bonds is 4. The van der Waals surface area contributed by atoms with Crippen LogP contribution in [0.1, 0.15) is 6.92 Å². The normalized spacial score (nSPS) is 11.3. The molecule has 0 N–H and O–H groups in total. The zero-order chi connectivity index (χ0) is 12.5. The average Bonchev–Trinajstić information content (AvgIpc) is 2.59. The van der Waals surface area contributed by atoms with Crippen molar-refractivity contribution in [3.63, 3.8) is 0 Å². The van der Waals surface area contributed by atoms with E-state index in [2.05, 4.69) is 0 Å². The van der Waals surface area contributed by atoms with Gasteiger partial charge in [-0.15, -0.1) is 0 Å². The molecule has 0 atom stereocenters. The van der Waals surface area contributed by atoms with Crippen LogP contribution in [0.2, 0.25) is 0 Å². The Hall–Kier alpha value is 0.0513. The molecular formula is C11H12BF3KNO. The van der Waals surface area contributed by atoms with Gasteiger partial charge in [0.05, 0.1) is 6.61 Å². The Morgan fingerprint density at radius 3 is 2.56 bits per heavy atom. The molecule has 0 aliphatic rings. The first kappa shape index (κ1) is 16.1. The number of ether oxygens (including phenoxy) is 1. The average molecular weight is 281 g/mol. The van der Waals surface area contributed by atoms with Crippen molar-refractivity contribution < 1.29 is 69.1 Å². The van der Waals surface area contributed by atoms with Crippen LogP contribution < -0.4 is 56.1 Å². The van der Waals surface area contributed by atoms with Gasteiger partial charge in [-0.25, -0.2) is 0 Å². The Morgan fingerprint density at radius 2 is 1.94 bits per heavy atom. The Kier molecular flexibility index (Phi) is 5.79. The van der Waals surface area contributed by atoms with Crippen molar-refractivity contribution in [2.24, 2.45) is 0 Å². The van der Waals surface area contributed by atoms with E-state index in [4.69, 9.17) is 4.74 Å². The standard InChI is InChI=1S/C11H12BF3NO.K/c1-2-17-10-3-4-11-9(7-10)5-6-16(11)8-12(13,14)15;/h3-7H,2,8H2,1H3;/q-1;+1. The smallest absolute Gasteiger partial charge is 0.494 e. The number of fused-ring (bicyclic) bond motifs is 1. The van der Waals surface area contributed by atoms with E-state index in [9.17, 15) is 12.9 Å². The van der Waals surface area contributed by atoms with Crippen molar-refractivity contribution in [2.45, 2.75) is 13.4 Å². The first-order valence-electron chi connectivity index (χ1n) is 5.42. The van der Waals surface area contributed by atoms with Gasteiger partial charge in [0.15, 0.2) is 0 Å². The van der Waals surface area contributed by atoms with E-state index >= 15 is 0 Å². The first-order valence-corrected chi connectivity index (χ1v) is 5.42. The number of benzene rings is 1. The molecule has 0 aliphatic heterocycles. The summed E-state index contributed by atoms with van der Waals surface area (Å²) in [5.74, 6) is 0.676. The molecule has 0 radical (unpaired) electrons. The van der Waals surface area contributed by atoms with E-state index in [0.29, 0.717) is 17.9 Å². The third-order valence-corrected chi connectivity index (χ3v) is 2.46. The summed E-state index contributed by atoms with van der Waals surface area (Å²) in [5, 5.41) is 0.760. The van der Waals surface area contributed by atoms with E-state index in [1.165, 1.54) is 10.8 Å². The quantitative estimate of drug-likeness (QED) is 0.741. The van der Waals surface area contributed by atoms with E-state index in [1.807, 2.05) is 6.92 Å². The zero-order valence-electron chi connectivity index (χ0n) is 10.4. The molecule has 0 amide bonds. The maximum absolute atomic E-state index is 12.4. The molecule has 0 saturated carbocycles. The molecule has 18 heavy (non-hydrogen) atoms. The van der Waals surface area contributed by atoms with Crippen LogP contribution in [0.5, 0.6) is 5.75 Å². The van der Waals surface area contributed by atoms with Gasteiger partial charge in [0.1, 0.15) is 5.75 Å². The molecule has 0 saturated heterocycles. The van der Waals surface area contributed by atoms with E-state index in [0.717, 1.165) is 5.39 Å². The van der Waals surface area contributed by atoms with Crippen LogP contribution >= 0.6 is 0 Å². The summed E-state index contributed by atoms with van der Waals surface area (Å²) in [4.78, 5) is 0. The molecule has 0 aliphatic carbocycles. The Labute approximate surface area is 146 Å². The van der Waals surface area contributed by atoms with Crippen molar-refractivity contribution in [2.75, 3.05) is 6.61 Å². The molecule has 1 heterocycles. The van der Waals surface area contributed by atoms with Crippen LogP contribution in [0.25, 0.3) is 10.9 Å². The third kappa shape index (κ3) is 4.03. The molecule has 0 unspecified atom stereocenters. The minimum atomic E-state index is -4.82. The van der Waals surface area contributed by atoms with Crippen LogP contribution in [0.15, 0.2) is 30.5 Å². The summed E-state index contributed by atoms with van der Waals surface area (Å²) < 4.78 is 43.6. The summed E-state index contributed by atoms with van der Waals surface area (Å²) in [6.07, 6.45) is 0.549. The molecule has 0 spiro atoms. The molecule has 1 aromatic carbocycles. The molecule has 1 aromatic heterocycles. The molecule has 2 aromatic rings. The van der Waals surface area contributed by atoms with Crippen LogP contribution in [-0.2, 0) is 6.44 Å². The predicted octanol–water partition coefficient (Wildman–Crippen LogP) is 0.431. The number of hydrogen-bond donors (Lipinski definition) is 0. The van der Waals surface area contributed by atoms with Gasteiger partial charge in [-0.1, -0.05) is 0 Å². The summed E-state index contributed by atoms with van der Waals surface area (Å²) in [5.41, 5.74) is 0.577. The van der Waals surface area contributed by atoms with E-state index in [-0.39, 0.29) is 51.4 Å². The van der Waals surface area contributed by atoms with Crippen molar-refractivity contribution >= 4 is 17.9 Å². The maximum atomic E-state index is 12.4. The second-order valence-electron chi connectivity index (χ2n) is 3.83. The first-order chi connectivity index (χ1) is 7.99. The van der Waals surface area contributed by atoms with Gasteiger partial charge >= 0.3 is 58.4 Å². The van der Waals surface area contributed by atoms with Crippen LogP contribution in [0.3, 0.4) is 0 Å². The monoisotopic (exact) mass is 281 g/mol. The topological polar surface area (TPSA) is 14.2 Å². The minimum absolute atomic E-state index is 0. The fraction of sp³-hybridized carbons (Fsp3) is 0.273. The van der Waals surface area contributed by atoms with E-state index in [1.54, 1.807) is 24.3 Å². The Balaban J connectivity index is 0.00000162. The molecule has 92 valence electrons. The largest absolute Gasteiger partial charge is 1.00 e. The number of halogens is 3. The van der Waals surface area contributed by atoms with Gasteiger partial charge in [-0.05, 0) is 37.6 Å².